The first-order valence-corrected chi connectivity index (χ1v) is 8.54. The molecule has 0 aliphatic carbocycles. The lowest BCUT2D eigenvalue weighted by molar-refractivity contribution is -0.131. The van der Waals surface area contributed by atoms with E-state index in [9.17, 15) is 9.90 Å². The first kappa shape index (κ1) is 16.2. The van der Waals surface area contributed by atoms with Gasteiger partial charge in [-0.1, -0.05) is 18.7 Å². The fourth-order valence-corrected chi connectivity index (χ4v) is 3.25. The van der Waals surface area contributed by atoms with Gasteiger partial charge in [-0.15, -0.1) is 0 Å². The molecule has 4 rings (SSSR count). The zero-order chi connectivity index (χ0) is 18.1. The number of hydrogen-bond acceptors (Lipinski definition) is 4. The van der Waals surface area contributed by atoms with E-state index in [1.165, 1.54) is 6.08 Å². The molecule has 1 saturated heterocycles. The molecular weight excluding hydrogens is 328 g/mol. The first-order chi connectivity index (χ1) is 12.6. The van der Waals surface area contributed by atoms with Gasteiger partial charge >= 0.3 is 0 Å². The average molecular weight is 348 g/mol. The van der Waals surface area contributed by atoms with E-state index < -0.39 is 0 Å². The molecule has 0 saturated carbocycles. The summed E-state index contributed by atoms with van der Waals surface area (Å²) in [4.78, 5) is 17.6. The van der Waals surface area contributed by atoms with Crippen LogP contribution in [-0.4, -0.2) is 44.9 Å². The number of phenols is 1. The van der Waals surface area contributed by atoms with E-state index in [0.717, 1.165) is 42.0 Å². The molecule has 1 aliphatic heterocycles. The Hall–Kier alpha value is -3.28. The number of rotatable bonds is 5. The van der Waals surface area contributed by atoms with E-state index in [1.54, 1.807) is 23.4 Å². The molecule has 132 valence electrons. The summed E-state index contributed by atoms with van der Waals surface area (Å²) in [5, 5.41) is 13.0. The average Bonchev–Trinajstić information content (AvgIpc) is 3.09. The predicted octanol–water partition coefficient (Wildman–Crippen LogP) is 2.76. The molecular formula is C20H20N4O2. The van der Waals surface area contributed by atoms with Crippen LogP contribution >= 0.6 is 0 Å². The molecule has 0 radical (unpaired) electrons. The van der Waals surface area contributed by atoms with Gasteiger partial charge < -0.3 is 19.7 Å². The lowest BCUT2D eigenvalue weighted by atomic mass is 9.99. The highest BCUT2D eigenvalue weighted by Crippen LogP contribution is 2.28. The number of likely N-dealkylation sites (tertiary alicyclic amines) is 1. The number of nitrogens with zero attached hydrogens (tertiary/aromatic N) is 3. The molecule has 3 aromatic rings. The van der Waals surface area contributed by atoms with Gasteiger partial charge in [-0.25, -0.2) is 4.98 Å². The fraction of sp³-hybridized carbons (Fsp3) is 0.200. The van der Waals surface area contributed by atoms with Gasteiger partial charge in [0.1, 0.15) is 5.75 Å². The Bertz CT molecular complexity index is 956. The largest absolute Gasteiger partial charge is 0.508 e. The molecule has 0 unspecified atom stereocenters. The number of nitrogens with one attached hydrogen (secondary N) is 1. The third-order valence-corrected chi connectivity index (χ3v) is 4.75. The first-order valence-electron chi connectivity index (χ1n) is 8.54. The second-order valence-corrected chi connectivity index (χ2v) is 6.57. The summed E-state index contributed by atoms with van der Waals surface area (Å²) < 4.78 is 1.98. The third-order valence-electron chi connectivity index (χ3n) is 4.75. The van der Waals surface area contributed by atoms with Crippen LogP contribution in [0.5, 0.6) is 5.75 Å². The zero-order valence-corrected chi connectivity index (χ0v) is 14.3. The summed E-state index contributed by atoms with van der Waals surface area (Å²) in [7, 11) is 0. The van der Waals surface area contributed by atoms with Crippen molar-refractivity contribution in [2.24, 2.45) is 5.92 Å². The molecule has 0 atom stereocenters. The minimum Gasteiger partial charge on any atom is -0.508 e. The Morgan fingerprint density at radius 2 is 2.08 bits per heavy atom. The predicted molar refractivity (Wildman–Crippen MR) is 101 cm³/mol. The molecule has 2 aromatic heterocycles. The molecule has 3 heterocycles. The summed E-state index contributed by atoms with van der Waals surface area (Å²) in [5.41, 5.74) is 4.07. The van der Waals surface area contributed by atoms with Crippen molar-refractivity contribution in [3.05, 3.63) is 61.7 Å². The molecule has 1 aromatic carbocycles. The maximum absolute atomic E-state index is 11.5. The van der Waals surface area contributed by atoms with Crippen molar-refractivity contribution < 1.29 is 9.90 Å². The van der Waals surface area contributed by atoms with Crippen LogP contribution in [0.1, 0.15) is 0 Å². The Morgan fingerprint density at radius 1 is 1.31 bits per heavy atom. The van der Waals surface area contributed by atoms with Crippen LogP contribution in [0.4, 0.5) is 5.69 Å². The number of aromatic hydroxyl groups is 1. The molecule has 1 fully saturated rings. The number of carbonyl (C=O) groups excluding carboxylic acids is 1. The van der Waals surface area contributed by atoms with E-state index in [1.807, 2.05) is 28.9 Å². The Kier molecular flexibility index (Phi) is 4.08. The molecule has 1 aliphatic rings. The van der Waals surface area contributed by atoms with Gasteiger partial charge in [-0.2, -0.15) is 0 Å². The van der Waals surface area contributed by atoms with Crippen LogP contribution in [0.15, 0.2) is 61.7 Å². The maximum atomic E-state index is 11.5. The number of benzene rings is 1. The molecule has 6 heteroatoms. The Morgan fingerprint density at radius 3 is 2.81 bits per heavy atom. The smallest absolute Gasteiger partial charge is 0.245 e. The van der Waals surface area contributed by atoms with Crippen LogP contribution in [0.25, 0.3) is 16.6 Å². The molecule has 2 N–H and O–H groups in total. The van der Waals surface area contributed by atoms with Crippen LogP contribution in [-0.2, 0) is 4.79 Å². The summed E-state index contributed by atoms with van der Waals surface area (Å²) in [6, 6.07) is 9.23. The van der Waals surface area contributed by atoms with E-state index in [-0.39, 0.29) is 11.7 Å². The SMILES string of the molecule is C=CC(=O)N1CC(CNc2cc(-c3ccc(O)cc3)cn3cncc23)C1. The number of fused-ring (bicyclic) bond motifs is 1. The van der Waals surface area contributed by atoms with Gasteiger partial charge in [-0.05, 0) is 29.8 Å². The van der Waals surface area contributed by atoms with Gasteiger partial charge in [0.2, 0.25) is 5.91 Å². The van der Waals surface area contributed by atoms with E-state index >= 15 is 0 Å². The number of hydrogen-bond donors (Lipinski definition) is 2. The number of amides is 1. The highest BCUT2D eigenvalue weighted by atomic mass is 16.3. The second-order valence-electron chi connectivity index (χ2n) is 6.57. The number of imidazole rings is 1. The zero-order valence-electron chi connectivity index (χ0n) is 14.3. The molecule has 26 heavy (non-hydrogen) atoms. The van der Waals surface area contributed by atoms with Gasteiger partial charge in [0.25, 0.3) is 0 Å². The van der Waals surface area contributed by atoms with Crippen molar-refractivity contribution in [2.45, 2.75) is 0 Å². The molecule has 0 bridgehead atoms. The minimum absolute atomic E-state index is 0.00578. The van der Waals surface area contributed by atoms with Crippen molar-refractivity contribution in [1.29, 1.82) is 0 Å². The van der Waals surface area contributed by atoms with Gasteiger partial charge in [-0.3, -0.25) is 4.79 Å². The standard InChI is InChI=1S/C20H20N4O2/c1-2-20(26)23-10-14(11-23)8-22-18-7-16(12-24-13-21-9-19(18)24)15-3-5-17(25)6-4-15/h2-7,9,12-14,22,25H,1,8,10-11H2. The third kappa shape index (κ3) is 3.01. The summed E-state index contributed by atoms with van der Waals surface area (Å²) in [5.74, 6) is 0.673. The lowest BCUT2D eigenvalue weighted by Crippen LogP contribution is -2.51. The van der Waals surface area contributed by atoms with E-state index in [0.29, 0.717) is 5.92 Å². The van der Waals surface area contributed by atoms with E-state index in [2.05, 4.69) is 22.9 Å². The van der Waals surface area contributed by atoms with Crippen LogP contribution in [0.3, 0.4) is 0 Å². The van der Waals surface area contributed by atoms with Crippen LogP contribution in [0, 0.1) is 5.92 Å². The number of phenolic OH excluding ortho intramolecular Hbond substituents is 1. The number of pyridine rings is 1. The molecule has 6 nitrogen and oxygen atoms in total. The van der Waals surface area contributed by atoms with Gasteiger partial charge in [0.05, 0.1) is 23.7 Å². The fourth-order valence-electron chi connectivity index (χ4n) is 3.25. The van der Waals surface area contributed by atoms with Crippen LogP contribution < -0.4 is 5.32 Å². The normalized spacial score (nSPS) is 14.2. The second kappa shape index (κ2) is 6.55. The number of carbonyl (C=O) groups is 1. The molecule has 1 amide bonds. The Labute approximate surface area is 151 Å². The topological polar surface area (TPSA) is 69.9 Å². The minimum atomic E-state index is -0.00578. The highest BCUT2D eigenvalue weighted by Gasteiger charge is 2.28. The maximum Gasteiger partial charge on any atom is 0.245 e. The van der Waals surface area contributed by atoms with E-state index in [4.69, 9.17) is 0 Å². The highest BCUT2D eigenvalue weighted by molar-refractivity contribution is 5.87. The van der Waals surface area contributed by atoms with Crippen molar-refractivity contribution in [3.8, 4) is 16.9 Å². The summed E-state index contributed by atoms with van der Waals surface area (Å²) >= 11 is 0. The lowest BCUT2D eigenvalue weighted by Gasteiger charge is -2.38. The Balaban J connectivity index is 1.53. The monoisotopic (exact) mass is 348 g/mol. The summed E-state index contributed by atoms with van der Waals surface area (Å²) in [6.45, 7) is 5.82. The quantitative estimate of drug-likeness (QED) is 0.696. The van der Waals surface area contributed by atoms with Gasteiger partial charge in [0.15, 0.2) is 0 Å². The number of aromatic nitrogens is 2. The van der Waals surface area contributed by atoms with Crippen molar-refractivity contribution >= 4 is 17.1 Å². The van der Waals surface area contributed by atoms with Gasteiger partial charge in [0, 0.05) is 37.3 Å². The van der Waals surface area contributed by atoms with Crippen molar-refractivity contribution in [3.63, 3.8) is 0 Å². The number of anilines is 1. The van der Waals surface area contributed by atoms with Crippen LogP contribution in [0.2, 0.25) is 0 Å². The van der Waals surface area contributed by atoms with Crippen molar-refractivity contribution in [1.82, 2.24) is 14.3 Å². The van der Waals surface area contributed by atoms with Crippen molar-refractivity contribution in [2.75, 3.05) is 25.0 Å². The summed E-state index contributed by atoms with van der Waals surface area (Å²) in [6.07, 6.45) is 6.99. The molecule has 0 spiro atoms.